The largest absolute Gasteiger partial charge is 0.392 e. The number of rotatable bonds is 4. The molecule has 1 N–H and O–H groups in total. The third-order valence-corrected chi connectivity index (χ3v) is 2.36. The highest BCUT2D eigenvalue weighted by Crippen LogP contribution is 2.17. The van der Waals surface area contributed by atoms with Crippen LogP contribution < -0.4 is 0 Å². The van der Waals surface area contributed by atoms with Gasteiger partial charge in [-0.2, -0.15) is 0 Å². The van der Waals surface area contributed by atoms with Crippen LogP contribution in [0.4, 0.5) is 0 Å². The van der Waals surface area contributed by atoms with E-state index < -0.39 is 0 Å². The van der Waals surface area contributed by atoms with Gasteiger partial charge in [0.05, 0.1) is 6.61 Å². The minimum absolute atomic E-state index is 0.113. The van der Waals surface area contributed by atoms with Crippen LogP contribution in [0.1, 0.15) is 38.3 Å². The van der Waals surface area contributed by atoms with Gasteiger partial charge >= 0.3 is 0 Å². The number of allylic oxidation sites excluding steroid dienone is 1. The zero-order valence-corrected chi connectivity index (χ0v) is 9.83. The van der Waals surface area contributed by atoms with Crippen molar-refractivity contribution in [2.75, 3.05) is 0 Å². The number of hydrogen-bond acceptors (Lipinski definition) is 1. The monoisotopic (exact) mass is 204 g/mol. The summed E-state index contributed by atoms with van der Waals surface area (Å²) in [6, 6.07) is 7.98. The molecule has 0 aliphatic heterocycles. The lowest BCUT2D eigenvalue weighted by Crippen LogP contribution is -1.91. The summed E-state index contributed by atoms with van der Waals surface area (Å²) in [4.78, 5) is 0. The molecule has 0 aliphatic carbocycles. The summed E-state index contributed by atoms with van der Waals surface area (Å²) in [5, 5.41) is 9.18. The highest BCUT2D eigenvalue weighted by atomic mass is 16.3. The number of hydrogen-bond donors (Lipinski definition) is 1. The van der Waals surface area contributed by atoms with E-state index in [1.54, 1.807) is 0 Å². The standard InChI is InChI=1S/C14H20O/c1-11(2)8-12(3)9-13-6-4-5-7-14(13)10-15/h4-7,9,11,15H,8,10H2,1-3H3/b12-9+. The summed E-state index contributed by atoms with van der Waals surface area (Å²) in [7, 11) is 0. The molecule has 82 valence electrons. The van der Waals surface area contributed by atoms with Crippen molar-refractivity contribution in [1.82, 2.24) is 0 Å². The number of aliphatic hydroxyl groups is 1. The molecule has 0 radical (unpaired) electrons. The van der Waals surface area contributed by atoms with Gasteiger partial charge in [-0.3, -0.25) is 0 Å². The maximum Gasteiger partial charge on any atom is 0.0687 e. The molecular weight excluding hydrogens is 184 g/mol. The van der Waals surface area contributed by atoms with Crippen molar-refractivity contribution in [3.63, 3.8) is 0 Å². The predicted octanol–water partition coefficient (Wildman–Crippen LogP) is 3.63. The lowest BCUT2D eigenvalue weighted by molar-refractivity contribution is 0.281. The first kappa shape index (κ1) is 12.0. The Bertz CT molecular complexity index is 337. The van der Waals surface area contributed by atoms with Crippen molar-refractivity contribution in [3.05, 3.63) is 41.0 Å². The van der Waals surface area contributed by atoms with Crippen LogP contribution >= 0.6 is 0 Å². The minimum atomic E-state index is 0.113. The molecule has 0 fully saturated rings. The lowest BCUT2D eigenvalue weighted by Gasteiger charge is -2.07. The Hall–Kier alpha value is -1.08. The Morgan fingerprint density at radius 2 is 2.00 bits per heavy atom. The van der Waals surface area contributed by atoms with E-state index in [0.717, 1.165) is 17.5 Å². The fourth-order valence-corrected chi connectivity index (χ4v) is 1.79. The first-order valence-corrected chi connectivity index (χ1v) is 5.49. The van der Waals surface area contributed by atoms with Crippen molar-refractivity contribution < 1.29 is 5.11 Å². The molecule has 1 aromatic carbocycles. The number of benzene rings is 1. The SMILES string of the molecule is C/C(=C\c1ccccc1CO)CC(C)C. The first-order valence-electron chi connectivity index (χ1n) is 5.49. The van der Waals surface area contributed by atoms with Crippen molar-refractivity contribution in [3.8, 4) is 0 Å². The van der Waals surface area contributed by atoms with Gasteiger partial charge in [0.1, 0.15) is 0 Å². The maximum absolute atomic E-state index is 9.18. The van der Waals surface area contributed by atoms with Crippen LogP contribution in [-0.2, 0) is 6.61 Å². The van der Waals surface area contributed by atoms with Crippen molar-refractivity contribution in [1.29, 1.82) is 0 Å². The Kier molecular flexibility index (Phi) is 4.57. The van der Waals surface area contributed by atoms with Gasteiger partial charge in [0.25, 0.3) is 0 Å². The summed E-state index contributed by atoms with van der Waals surface area (Å²) >= 11 is 0. The zero-order chi connectivity index (χ0) is 11.3. The van der Waals surface area contributed by atoms with Crippen LogP contribution in [0.3, 0.4) is 0 Å². The van der Waals surface area contributed by atoms with E-state index in [4.69, 9.17) is 0 Å². The van der Waals surface area contributed by atoms with Gasteiger partial charge in [-0.25, -0.2) is 0 Å². The minimum Gasteiger partial charge on any atom is -0.392 e. The summed E-state index contributed by atoms with van der Waals surface area (Å²) in [6.07, 6.45) is 3.28. The molecule has 1 nitrogen and oxygen atoms in total. The van der Waals surface area contributed by atoms with E-state index in [1.165, 1.54) is 5.57 Å². The van der Waals surface area contributed by atoms with E-state index in [1.807, 2.05) is 18.2 Å². The predicted molar refractivity (Wildman–Crippen MR) is 65.5 cm³/mol. The number of aliphatic hydroxyl groups excluding tert-OH is 1. The summed E-state index contributed by atoms with van der Waals surface area (Å²) in [5.74, 6) is 0.683. The molecule has 0 saturated carbocycles. The lowest BCUT2D eigenvalue weighted by atomic mass is 10.00. The molecule has 0 aliphatic rings. The van der Waals surface area contributed by atoms with E-state index in [9.17, 15) is 5.11 Å². The first-order chi connectivity index (χ1) is 7.13. The van der Waals surface area contributed by atoms with Gasteiger partial charge in [-0.1, -0.05) is 49.8 Å². The van der Waals surface area contributed by atoms with Gasteiger partial charge in [-0.05, 0) is 30.4 Å². The third-order valence-electron chi connectivity index (χ3n) is 2.36. The zero-order valence-electron chi connectivity index (χ0n) is 9.83. The summed E-state index contributed by atoms with van der Waals surface area (Å²) in [5.41, 5.74) is 3.50. The van der Waals surface area contributed by atoms with Gasteiger partial charge in [0, 0.05) is 0 Å². The second-order valence-corrected chi connectivity index (χ2v) is 4.45. The van der Waals surface area contributed by atoms with E-state index in [0.29, 0.717) is 5.92 Å². The van der Waals surface area contributed by atoms with Crippen LogP contribution in [0.5, 0.6) is 0 Å². The van der Waals surface area contributed by atoms with Gasteiger partial charge < -0.3 is 5.11 Å². The molecule has 0 spiro atoms. The van der Waals surface area contributed by atoms with Gasteiger partial charge in [0.15, 0.2) is 0 Å². The molecule has 0 amide bonds. The van der Waals surface area contributed by atoms with Crippen LogP contribution in [-0.4, -0.2) is 5.11 Å². The fraction of sp³-hybridized carbons (Fsp3) is 0.429. The van der Waals surface area contributed by atoms with E-state index in [-0.39, 0.29) is 6.61 Å². The summed E-state index contributed by atoms with van der Waals surface area (Å²) < 4.78 is 0. The Labute approximate surface area is 92.5 Å². The molecule has 1 aromatic rings. The molecule has 0 aromatic heterocycles. The van der Waals surface area contributed by atoms with E-state index >= 15 is 0 Å². The van der Waals surface area contributed by atoms with Crippen LogP contribution in [0, 0.1) is 5.92 Å². The van der Waals surface area contributed by atoms with Crippen molar-refractivity contribution in [2.24, 2.45) is 5.92 Å². The molecule has 1 heteroatoms. The third kappa shape index (κ3) is 3.88. The molecule has 0 unspecified atom stereocenters. The van der Waals surface area contributed by atoms with Crippen LogP contribution in [0.2, 0.25) is 0 Å². The van der Waals surface area contributed by atoms with Crippen molar-refractivity contribution >= 4 is 6.08 Å². The Balaban J connectivity index is 2.87. The average Bonchev–Trinajstić information content (AvgIpc) is 2.17. The Morgan fingerprint density at radius 1 is 1.33 bits per heavy atom. The second-order valence-electron chi connectivity index (χ2n) is 4.45. The van der Waals surface area contributed by atoms with Crippen LogP contribution in [0.15, 0.2) is 29.8 Å². The quantitative estimate of drug-likeness (QED) is 0.794. The average molecular weight is 204 g/mol. The van der Waals surface area contributed by atoms with E-state index in [2.05, 4.69) is 32.9 Å². The molecule has 0 heterocycles. The molecule has 15 heavy (non-hydrogen) atoms. The summed E-state index contributed by atoms with van der Waals surface area (Å²) in [6.45, 7) is 6.69. The van der Waals surface area contributed by atoms with Crippen molar-refractivity contribution in [2.45, 2.75) is 33.8 Å². The molecular formula is C14H20O. The topological polar surface area (TPSA) is 20.2 Å². The van der Waals surface area contributed by atoms with Gasteiger partial charge in [-0.15, -0.1) is 0 Å². The highest BCUT2D eigenvalue weighted by Gasteiger charge is 1.99. The molecule has 0 bridgehead atoms. The highest BCUT2D eigenvalue weighted by molar-refractivity contribution is 5.56. The fourth-order valence-electron chi connectivity index (χ4n) is 1.79. The second kappa shape index (κ2) is 5.72. The Morgan fingerprint density at radius 3 is 2.60 bits per heavy atom. The molecule has 0 atom stereocenters. The maximum atomic E-state index is 9.18. The molecule has 0 saturated heterocycles. The normalized spacial score (nSPS) is 12.2. The smallest absolute Gasteiger partial charge is 0.0687 e. The van der Waals surface area contributed by atoms with Gasteiger partial charge in [0.2, 0.25) is 0 Å². The van der Waals surface area contributed by atoms with Crippen LogP contribution in [0.25, 0.3) is 6.08 Å². The molecule has 1 rings (SSSR count).